The number of nitro groups is 1. The summed E-state index contributed by atoms with van der Waals surface area (Å²) in [5.74, 6) is -1.43. The van der Waals surface area contributed by atoms with Crippen LogP contribution >= 0.6 is 0 Å². The van der Waals surface area contributed by atoms with Crippen LogP contribution in [0.5, 0.6) is 5.75 Å². The van der Waals surface area contributed by atoms with Crippen LogP contribution in [0.15, 0.2) is 11.0 Å². The van der Waals surface area contributed by atoms with E-state index in [1.165, 1.54) is 0 Å². The Balaban J connectivity index is 3.45. The average molecular weight is 253 g/mol. The van der Waals surface area contributed by atoms with Gasteiger partial charge in [0.05, 0.1) is 10.5 Å². The highest BCUT2D eigenvalue weighted by Gasteiger charge is 2.37. The van der Waals surface area contributed by atoms with Gasteiger partial charge in [-0.1, -0.05) is 0 Å². The molecule has 0 aliphatic carbocycles. The lowest BCUT2D eigenvalue weighted by molar-refractivity contribution is -0.389. The van der Waals surface area contributed by atoms with Gasteiger partial charge in [0.15, 0.2) is 0 Å². The summed E-state index contributed by atoms with van der Waals surface area (Å²) >= 11 is 0. The second-order valence-corrected chi connectivity index (χ2v) is 2.83. The molecule has 1 rings (SSSR count). The molecular formula is C7H6F3N3O4. The van der Waals surface area contributed by atoms with Gasteiger partial charge < -0.3 is 15.5 Å². The fourth-order valence-electron chi connectivity index (χ4n) is 1.11. The minimum Gasteiger partial charge on any atom is -0.392 e. The van der Waals surface area contributed by atoms with Gasteiger partial charge in [-0.3, -0.25) is 14.9 Å². The minimum atomic E-state index is -5.20. The van der Waals surface area contributed by atoms with Crippen molar-refractivity contribution in [3.63, 3.8) is 0 Å². The molecule has 7 nitrogen and oxygen atoms in total. The number of nitrogens with one attached hydrogen (secondary N) is 1. The first-order chi connectivity index (χ1) is 7.76. The predicted molar refractivity (Wildman–Crippen MR) is 48.3 cm³/mol. The maximum atomic E-state index is 12.0. The van der Waals surface area contributed by atoms with Gasteiger partial charge in [-0.25, -0.2) is 0 Å². The van der Waals surface area contributed by atoms with Crippen molar-refractivity contribution in [1.29, 1.82) is 0 Å². The second kappa shape index (κ2) is 4.41. The SMILES string of the molecule is NCc1c[nH]c(=O)c(OC(F)(F)F)c1[N+](=O)[O-]. The molecule has 0 atom stereocenters. The zero-order chi connectivity index (χ0) is 13.2. The topological polar surface area (TPSA) is 111 Å². The number of halogens is 3. The average Bonchev–Trinajstić information content (AvgIpc) is 2.18. The normalized spacial score (nSPS) is 11.3. The van der Waals surface area contributed by atoms with E-state index in [1.54, 1.807) is 0 Å². The molecule has 0 aromatic carbocycles. The number of rotatable bonds is 3. The van der Waals surface area contributed by atoms with E-state index in [1.807, 2.05) is 4.98 Å². The number of nitrogens with zero attached hydrogens (tertiary/aromatic N) is 1. The Morgan fingerprint density at radius 1 is 1.53 bits per heavy atom. The fraction of sp³-hybridized carbons (Fsp3) is 0.286. The zero-order valence-electron chi connectivity index (χ0n) is 8.08. The molecule has 3 N–H and O–H groups in total. The van der Waals surface area contributed by atoms with E-state index >= 15 is 0 Å². The largest absolute Gasteiger partial charge is 0.573 e. The molecule has 1 aromatic rings. The number of aromatic amines is 1. The summed E-state index contributed by atoms with van der Waals surface area (Å²) in [5.41, 5.74) is 2.39. The van der Waals surface area contributed by atoms with E-state index in [4.69, 9.17) is 5.73 Å². The number of H-pyrrole nitrogens is 1. The second-order valence-electron chi connectivity index (χ2n) is 2.83. The van der Waals surface area contributed by atoms with Gasteiger partial charge >= 0.3 is 12.0 Å². The van der Waals surface area contributed by atoms with E-state index < -0.39 is 34.8 Å². The standard InChI is InChI=1S/C7H6F3N3O4/c8-7(9,10)17-5-4(13(15)16)3(1-11)2-12-6(5)14/h2H,1,11H2,(H,12,14). The van der Waals surface area contributed by atoms with Crippen LogP contribution in [0.25, 0.3) is 0 Å². The highest BCUT2D eigenvalue weighted by atomic mass is 19.4. The quantitative estimate of drug-likeness (QED) is 0.606. The van der Waals surface area contributed by atoms with Crippen LogP contribution in [0.2, 0.25) is 0 Å². The monoisotopic (exact) mass is 253 g/mol. The van der Waals surface area contributed by atoms with Gasteiger partial charge in [-0.2, -0.15) is 0 Å². The summed E-state index contributed by atoms with van der Waals surface area (Å²) in [5, 5.41) is 10.6. The fourth-order valence-corrected chi connectivity index (χ4v) is 1.11. The van der Waals surface area contributed by atoms with Crippen LogP contribution in [0.4, 0.5) is 18.9 Å². The Labute approximate surface area is 91.1 Å². The van der Waals surface area contributed by atoms with Gasteiger partial charge in [-0.05, 0) is 0 Å². The Morgan fingerprint density at radius 3 is 2.53 bits per heavy atom. The van der Waals surface area contributed by atoms with Crippen molar-refractivity contribution in [2.24, 2.45) is 5.73 Å². The molecule has 0 radical (unpaired) electrons. The molecule has 0 aliphatic heterocycles. The molecule has 0 saturated heterocycles. The Bertz CT molecular complexity index is 496. The number of ether oxygens (including phenoxy) is 1. The molecule has 0 spiro atoms. The van der Waals surface area contributed by atoms with Crippen molar-refractivity contribution in [1.82, 2.24) is 4.98 Å². The molecule has 0 bridgehead atoms. The highest BCUT2D eigenvalue weighted by Crippen LogP contribution is 2.30. The zero-order valence-corrected chi connectivity index (χ0v) is 8.08. The van der Waals surface area contributed by atoms with Gasteiger partial charge in [0.1, 0.15) is 0 Å². The lowest BCUT2D eigenvalue weighted by atomic mass is 10.2. The smallest absolute Gasteiger partial charge is 0.392 e. The van der Waals surface area contributed by atoms with Gasteiger partial charge in [0.25, 0.3) is 11.3 Å². The van der Waals surface area contributed by atoms with E-state index in [0.29, 0.717) is 0 Å². The molecule has 1 aromatic heterocycles. The molecule has 0 saturated carbocycles. The van der Waals surface area contributed by atoms with Crippen molar-refractivity contribution >= 4 is 5.69 Å². The van der Waals surface area contributed by atoms with Crippen LogP contribution in [0.3, 0.4) is 0 Å². The van der Waals surface area contributed by atoms with Crippen LogP contribution < -0.4 is 16.0 Å². The molecule has 94 valence electrons. The maximum Gasteiger partial charge on any atom is 0.573 e. The van der Waals surface area contributed by atoms with Crippen LogP contribution in [-0.4, -0.2) is 16.3 Å². The maximum absolute atomic E-state index is 12.0. The molecule has 1 heterocycles. The number of hydrogen-bond acceptors (Lipinski definition) is 5. The Kier molecular flexibility index (Phi) is 3.36. The molecule has 10 heteroatoms. The first-order valence-corrected chi connectivity index (χ1v) is 4.11. The van der Waals surface area contributed by atoms with Gasteiger partial charge in [-0.15, -0.1) is 13.2 Å². The summed E-state index contributed by atoms with van der Waals surface area (Å²) in [6.07, 6.45) is -4.34. The summed E-state index contributed by atoms with van der Waals surface area (Å²) in [7, 11) is 0. The number of alkyl halides is 3. The third-order valence-electron chi connectivity index (χ3n) is 1.72. The molecule has 0 fully saturated rings. The molecule has 0 amide bonds. The van der Waals surface area contributed by atoms with Crippen molar-refractivity contribution < 1.29 is 22.8 Å². The van der Waals surface area contributed by atoms with Crippen LogP contribution in [0.1, 0.15) is 5.56 Å². The highest BCUT2D eigenvalue weighted by molar-refractivity contribution is 5.50. The lowest BCUT2D eigenvalue weighted by Gasteiger charge is -2.09. The predicted octanol–water partition coefficient (Wildman–Crippen LogP) is 0.640. The number of pyridine rings is 1. The molecule has 0 unspecified atom stereocenters. The first kappa shape index (κ1) is 13.0. The minimum absolute atomic E-state index is 0.270. The molecule has 17 heavy (non-hydrogen) atoms. The van der Waals surface area contributed by atoms with E-state index in [2.05, 4.69) is 4.74 Å². The van der Waals surface area contributed by atoms with Gasteiger partial charge in [0.2, 0.25) is 0 Å². The van der Waals surface area contributed by atoms with Crippen LogP contribution in [0, 0.1) is 10.1 Å². The first-order valence-electron chi connectivity index (χ1n) is 4.11. The summed E-state index contributed by atoms with van der Waals surface area (Å²) in [6, 6.07) is 0. The Morgan fingerprint density at radius 2 is 2.12 bits per heavy atom. The summed E-state index contributed by atoms with van der Waals surface area (Å²) in [6.45, 7) is -0.415. The third kappa shape index (κ3) is 2.93. The van der Waals surface area contributed by atoms with E-state index in [0.717, 1.165) is 6.20 Å². The third-order valence-corrected chi connectivity index (χ3v) is 1.72. The van der Waals surface area contributed by atoms with Crippen molar-refractivity contribution in [2.75, 3.05) is 0 Å². The molecule has 0 aliphatic rings. The van der Waals surface area contributed by atoms with E-state index in [9.17, 15) is 28.1 Å². The summed E-state index contributed by atoms with van der Waals surface area (Å²) < 4.78 is 39.2. The lowest BCUT2D eigenvalue weighted by Crippen LogP contribution is -2.24. The van der Waals surface area contributed by atoms with Crippen molar-refractivity contribution in [2.45, 2.75) is 12.9 Å². The van der Waals surface area contributed by atoms with Gasteiger partial charge in [0, 0.05) is 12.7 Å². The number of hydrogen-bond donors (Lipinski definition) is 2. The molecular weight excluding hydrogens is 247 g/mol. The summed E-state index contributed by atoms with van der Waals surface area (Å²) in [4.78, 5) is 22.4. The van der Waals surface area contributed by atoms with E-state index in [-0.39, 0.29) is 5.56 Å². The Hall–Kier alpha value is -2.10. The van der Waals surface area contributed by atoms with Crippen LogP contribution in [-0.2, 0) is 6.54 Å². The number of aromatic nitrogens is 1. The van der Waals surface area contributed by atoms with Crippen molar-refractivity contribution in [3.05, 3.63) is 32.2 Å². The van der Waals surface area contributed by atoms with Crippen molar-refractivity contribution in [3.8, 4) is 5.75 Å². The number of nitrogens with two attached hydrogens (primary N) is 1.